The van der Waals surface area contributed by atoms with Gasteiger partial charge in [0.05, 0.1) is 24.8 Å². The van der Waals surface area contributed by atoms with Gasteiger partial charge in [0.1, 0.15) is 0 Å². The summed E-state index contributed by atoms with van der Waals surface area (Å²) in [5, 5.41) is 0. The van der Waals surface area contributed by atoms with Crippen LogP contribution < -0.4 is 5.73 Å². The van der Waals surface area contributed by atoms with Gasteiger partial charge in [-0.05, 0) is 30.0 Å². The van der Waals surface area contributed by atoms with Crippen LogP contribution in [0.4, 0.5) is 0 Å². The van der Waals surface area contributed by atoms with E-state index < -0.39 is 0 Å². The molecule has 0 bridgehead atoms. The lowest BCUT2D eigenvalue weighted by atomic mass is 10.0. The average Bonchev–Trinajstić information content (AvgIpc) is 2.88. The van der Waals surface area contributed by atoms with Gasteiger partial charge in [-0.15, -0.1) is 0 Å². The standard InChI is InChI=1S/C16H23N3O/c1-12(2)7-15(17)16-9-18-11-19(16)14-6-4-5-13(8-14)10-20-3/h4-6,8-9,11-12,15H,7,10,17H2,1-3H3. The fourth-order valence-electron chi connectivity index (χ4n) is 2.39. The van der Waals surface area contributed by atoms with E-state index in [1.807, 2.05) is 18.6 Å². The van der Waals surface area contributed by atoms with Crippen molar-refractivity contribution in [2.24, 2.45) is 11.7 Å². The van der Waals surface area contributed by atoms with Crippen LogP contribution in [0.3, 0.4) is 0 Å². The topological polar surface area (TPSA) is 53.1 Å². The Morgan fingerprint density at radius 3 is 2.85 bits per heavy atom. The summed E-state index contributed by atoms with van der Waals surface area (Å²) in [5.41, 5.74) is 9.56. The molecule has 0 saturated heterocycles. The van der Waals surface area contributed by atoms with Crippen LogP contribution >= 0.6 is 0 Å². The summed E-state index contributed by atoms with van der Waals surface area (Å²) >= 11 is 0. The molecule has 2 aromatic rings. The van der Waals surface area contributed by atoms with E-state index in [1.54, 1.807) is 7.11 Å². The minimum atomic E-state index is 0.00332. The third-order valence-corrected chi connectivity index (χ3v) is 3.27. The molecular weight excluding hydrogens is 250 g/mol. The van der Waals surface area contributed by atoms with Crippen LogP contribution in [0.5, 0.6) is 0 Å². The molecule has 0 saturated carbocycles. The summed E-state index contributed by atoms with van der Waals surface area (Å²) in [6.45, 7) is 4.97. The summed E-state index contributed by atoms with van der Waals surface area (Å²) in [4.78, 5) is 4.25. The minimum absolute atomic E-state index is 0.00332. The number of nitrogens with two attached hydrogens (primary N) is 1. The molecule has 0 aliphatic carbocycles. The van der Waals surface area contributed by atoms with Crippen molar-refractivity contribution in [1.29, 1.82) is 0 Å². The van der Waals surface area contributed by atoms with E-state index in [-0.39, 0.29) is 6.04 Å². The molecule has 2 N–H and O–H groups in total. The first kappa shape index (κ1) is 14.8. The number of rotatable bonds is 6. The Hall–Kier alpha value is -1.65. The molecule has 20 heavy (non-hydrogen) atoms. The quantitative estimate of drug-likeness (QED) is 0.880. The highest BCUT2D eigenvalue weighted by Gasteiger charge is 2.14. The first-order valence-electron chi connectivity index (χ1n) is 6.98. The molecule has 0 radical (unpaired) electrons. The lowest BCUT2D eigenvalue weighted by molar-refractivity contribution is 0.185. The van der Waals surface area contributed by atoms with E-state index in [2.05, 4.69) is 41.6 Å². The molecule has 1 aromatic carbocycles. The van der Waals surface area contributed by atoms with Gasteiger partial charge in [0.25, 0.3) is 0 Å². The SMILES string of the molecule is COCc1cccc(-n2cncc2C(N)CC(C)C)c1. The van der Waals surface area contributed by atoms with Crippen LogP contribution in [0.15, 0.2) is 36.8 Å². The van der Waals surface area contributed by atoms with Gasteiger partial charge in [-0.25, -0.2) is 4.98 Å². The Morgan fingerprint density at radius 1 is 1.35 bits per heavy atom. The van der Waals surface area contributed by atoms with Gasteiger partial charge in [0.15, 0.2) is 0 Å². The zero-order valence-corrected chi connectivity index (χ0v) is 12.4. The van der Waals surface area contributed by atoms with Crippen molar-refractivity contribution < 1.29 is 4.74 Å². The number of methoxy groups -OCH3 is 1. The Balaban J connectivity index is 2.29. The molecule has 0 aliphatic heterocycles. The third kappa shape index (κ3) is 3.46. The Morgan fingerprint density at radius 2 is 2.15 bits per heavy atom. The van der Waals surface area contributed by atoms with Crippen molar-refractivity contribution in [3.63, 3.8) is 0 Å². The highest BCUT2D eigenvalue weighted by atomic mass is 16.5. The van der Waals surface area contributed by atoms with Crippen LogP contribution in [0.25, 0.3) is 5.69 Å². The van der Waals surface area contributed by atoms with Crippen molar-refractivity contribution >= 4 is 0 Å². The summed E-state index contributed by atoms with van der Waals surface area (Å²) in [6, 6.07) is 8.26. The number of benzene rings is 1. The maximum Gasteiger partial charge on any atom is 0.0994 e. The van der Waals surface area contributed by atoms with Crippen LogP contribution in [0, 0.1) is 5.92 Å². The smallest absolute Gasteiger partial charge is 0.0994 e. The van der Waals surface area contributed by atoms with Gasteiger partial charge in [-0.1, -0.05) is 26.0 Å². The molecule has 4 nitrogen and oxygen atoms in total. The lowest BCUT2D eigenvalue weighted by Crippen LogP contribution is -2.16. The van der Waals surface area contributed by atoms with Crippen LogP contribution in [-0.2, 0) is 11.3 Å². The fraction of sp³-hybridized carbons (Fsp3) is 0.438. The van der Waals surface area contributed by atoms with E-state index in [9.17, 15) is 0 Å². The highest BCUT2D eigenvalue weighted by Crippen LogP contribution is 2.22. The van der Waals surface area contributed by atoms with E-state index in [1.165, 1.54) is 0 Å². The zero-order valence-electron chi connectivity index (χ0n) is 12.4. The maximum atomic E-state index is 6.29. The maximum absolute atomic E-state index is 6.29. The first-order valence-corrected chi connectivity index (χ1v) is 6.98. The van der Waals surface area contributed by atoms with E-state index in [0.717, 1.165) is 23.4 Å². The molecule has 0 amide bonds. The van der Waals surface area contributed by atoms with Crippen molar-refractivity contribution in [3.8, 4) is 5.69 Å². The van der Waals surface area contributed by atoms with Crippen molar-refractivity contribution in [2.75, 3.05) is 7.11 Å². The molecule has 0 spiro atoms. The highest BCUT2D eigenvalue weighted by molar-refractivity contribution is 5.37. The largest absolute Gasteiger partial charge is 0.380 e. The first-order chi connectivity index (χ1) is 9.61. The van der Waals surface area contributed by atoms with Gasteiger partial charge in [0, 0.05) is 18.8 Å². The van der Waals surface area contributed by atoms with Crippen molar-refractivity contribution in [2.45, 2.75) is 32.9 Å². The van der Waals surface area contributed by atoms with E-state index in [0.29, 0.717) is 12.5 Å². The molecule has 1 heterocycles. The molecule has 0 aliphatic rings. The monoisotopic (exact) mass is 273 g/mol. The van der Waals surface area contributed by atoms with Gasteiger partial charge >= 0.3 is 0 Å². The Labute approximate surface area is 120 Å². The molecule has 1 unspecified atom stereocenters. The molecule has 2 rings (SSSR count). The van der Waals surface area contributed by atoms with Gasteiger partial charge in [-0.2, -0.15) is 0 Å². The van der Waals surface area contributed by atoms with Gasteiger partial charge < -0.3 is 15.0 Å². The molecule has 1 atom stereocenters. The van der Waals surface area contributed by atoms with Crippen LogP contribution in [-0.4, -0.2) is 16.7 Å². The summed E-state index contributed by atoms with van der Waals surface area (Å²) < 4.78 is 7.24. The Kier molecular flexibility index (Phi) is 4.93. The zero-order chi connectivity index (χ0) is 14.5. The predicted molar refractivity (Wildman–Crippen MR) is 80.7 cm³/mol. The van der Waals surface area contributed by atoms with E-state index >= 15 is 0 Å². The third-order valence-electron chi connectivity index (χ3n) is 3.27. The molecule has 108 valence electrons. The molecule has 0 fully saturated rings. The second-order valence-electron chi connectivity index (χ2n) is 5.53. The number of hydrogen-bond donors (Lipinski definition) is 1. The normalized spacial score (nSPS) is 12.8. The van der Waals surface area contributed by atoms with E-state index in [4.69, 9.17) is 10.5 Å². The van der Waals surface area contributed by atoms with Crippen LogP contribution in [0.1, 0.15) is 37.6 Å². The number of hydrogen-bond acceptors (Lipinski definition) is 3. The van der Waals surface area contributed by atoms with Crippen molar-refractivity contribution in [3.05, 3.63) is 48.0 Å². The van der Waals surface area contributed by atoms with Crippen LogP contribution in [0.2, 0.25) is 0 Å². The van der Waals surface area contributed by atoms with Gasteiger partial charge in [0.2, 0.25) is 0 Å². The van der Waals surface area contributed by atoms with Gasteiger partial charge in [-0.3, -0.25) is 0 Å². The molecule has 4 heteroatoms. The fourth-order valence-corrected chi connectivity index (χ4v) is 2.39. The Bertz CT molecular complexity index is 548. The summed E-state index contributed by atoms with van der Waals surface area (Å²) in [6.07, 6.45) is 4.63. The second kappa shape index (κ2) is 6.68. The predicted octanol–water partition coefficient (Wildman–Crippen LogP) is 3.06. The number of imidazole rings is 1. The van der Waals surface area contributed by atoms with Crippen molar-refractivity contribution in [1.82, 2.24) is 9.55 Å². The second-order valence-corrected chi connectivity index (χ2v) is 5.53. The summed E-state index contributed by atoms with van der Waals surface area (Å²) in [5.74, 6) is 0.563. The minimum Gasteiger partial charge on any atom is -0.380 e. The number of aromatic nitrogens is 2. The average molecular weight is 273 g/mol. The molecule has 1 aromatic heterocycles. The number of nitrogens with zero attached hydrogens (tertiary/aromatic N) is 2. The lowest BCUT2D eigenvalue weighted by Gasteiger charge is -2.17. The summed E-state index contributed by atoms with van der Waals surface area (Å²) in [7, 11) is 1.70. The number of ether oxygens (including phenoxy) is 1. The molecular formula is C16H23N3O.